The Morgan fingerprint density at radius 2 is 2.35 bits per heavy atom. The largest absolute Gasteiger partial charge is 0.478 e. The van der Waals surface area contributed by atoms with Crippen LogP contribution in [0, 0.1) is 5.82 Å². The van der Waals surface area contributed by atoms with E-state index in [0.717, 1.165) is 12.5 Å². The van der Waals surface area contributed by atoms with Gasteiger partial charge in [-0.1, -0.05) is 6.07 Å². The minimum absolute atomic E-state index is 0.297. The van der Waals surface area contributed by atoms with Gasteiger partial charge in [-0.2, -0.15) is 0 Å². The first-order chi connectivity index (χ1) is 8.02. The van der Waals surface area contributed by atoms with Crippen LogP contribution in [0.4, 0.5) is 10.1 Å². The van der Waals surface area contributed by atoms with Crippen molar-refractivity contribution in [2.24, 2.45) is 0 Å². The highest BCUT2D eigenvalue weighted by molar-refractivity contribution is 5.94. The molecule has 1 heterocycles. The van der Waals surface area contributed by atoms with Crippen LogP contribution in [-0.4, -0.2) is 29.8 Å². The lowest BCUT2D eigenvalue weighted by atomic mass is 10.00. The zero-order valence-electron chi connectivity index (χ0n) is 9.50. The number of ether oxygens (including phenoxy) is 1. The van der Waals surface area contributed by atoms with Crippen LogP contribution in [-0.2, 0) is 4.74 Å². The van der Waals surface area contributed by atoms with Gasteiger partial charge in [-0.3, -0.25) is 0 Å². The summed E-state index contributed by atoms with van der Waals surface area (Å²) in [5, 5.41) is 12.1. The van der Waals surface area contributed by atoms with Gasteiger partial charge >= 0.3 is 5.97 Å². The molecule has 2 rings (SSSR count). The lowest BCUT2D eigenvalue weighted by molar-refractivity contribution is 0.0693. The number of carboxylic acids is 1. The maximum atomic E-state index is 13.4. The molecule has 1 unspecified atom stereocenters. The van der Waals surface area contributed by atoms with E-state index in [-0.39, 0.29) is 11.1 Å². The maximum Gasteiger partial charge on any atom is 0.340 e. The van der Waals surface area contributed by atoms with Crippen molar-refractivity contribution in [3.8, 4) is 0 Å². The molecule has 5 heteroatoms. The van der Waals surface area contributed by atoms with E-state index < -0.39 is 11.8 Å². The fraction of sp³-hybridized carbons (Fsp3) is 0.417. The van der Waals surface area contributed by atoms with E-state index in [1.807, 2.05) is 6.92 Å². The highest BCUT2D eigenvalue weighted by Gasteiger charge is 2.31. The molecule has 0 saturated carbocycles. The summed E-state index contributed by atoms with van der Waals surface area (Å²) in [6, 6.07) is 4.20. The Balaban J connectivity index is 2.32. The molecule has 1 aliphatic rings. The third-order valence-corrected chi connectivity index (χ3v) is 2.88. The molecular formula is C12H14FNO3. The van der Waals surface area contributed by atoms with Crippen molar-refractivity contribution in [3.63, 3.8) is 0 Å². The summed E-state index contributed by atoms with van der Waals surface area (Å²) >= 11 is 0. The Morgan fingerprint density at radius 3 is 2.94 bits per heavy atom. The quantitative estimate of drug-likeness (QED) is 0.848. The van der Waals surface area contributed by atoms with E-state index >= 15 is 0 Å². The predicted octanol–water partition coefficient (Wildman–Crippen LogP) is 2.11. The Hall–Kier alpha value is -1.62. The second-order valence-electron chi connectivity index (χ2n) is 4.46. The minimum atomic E-state index is -1.27. The van der Waals surface area contributed by atoms with Crippen LogP contribution >= 0.6 is 0 Å². The number of aromatic carboxylic acids is 1. The van der Waals surface area contributed by atoms with E-state index in [2.05, 4.69) is 5.32 Å². The van der Waals surface area contributed by atoms with Crippen LogP contribution in [0.2, 0.25) is 0 Å². The van der Waals surface area contributed by atoms with Crippen LogP contribution < -0.4 is 5.32 Å². The van der Waals surface area contributed by atoms with Gasteiger partial charge in [-0.25, -0.2) is 9.18 Å². The van der Waals surface area contributed by atoms with E-state index in [1.54, 1.807) is 6.07 Å². The van der Waals surface area contributed by atoms with Crippen molar-refractivity contribution >= 4 is 11.7 Å². The first-order valence-corrected chi connectivity index (χ1v) is 5.40. The van der Waals surface area contributed by atoms with Gasteiger partial charge in [0.15, 0.2) is 0 Å². The van der Waals surface area contributed by atoms with Gasteiger partial charge in [0, 0.05) is 6.61 Å². The van der Waals surface area contributed by atoms with E-state index in [9.17, 15) is 9.18 Å². The summed E-state index contributed by atoms with van der Waals surface area (Å²) in [6.07, 6.45) is 0.766. The zero-order valence-corrected chi connectivity index (χ0v) is 9.50. The van der Waals surface area contributed by atoms with E-state index in [0.29, 0.717) is 18.9 Å². The van der Waals surface area contributed by atoms with Gasteiger partial charge in [0.25, 0.3) is 0 Å². The molecule has 0 amide bonds. The average molecular weight is 239 g/mol. The van der Waals surface area contributed by atoms with Crippen molar-refractivity contribution in [2.75, 3.05) is 18.5 Å². The van der Waals surface area contributed by atoms with Gasteiger partial charge in [0.05, 0.1) is 17.8 Å². The third kappa shape index (κ3) is 2.39. The Labute approximate surface area is 98.4 Å². The summed E-state index contributed by atoms with van der Waals surface area (Å²) in [4.78, 5) is 11.0. The predicted molar refractivity (Wildman–Crippen MR) is 60.8 cm³/mol. The molecule has 92 valence electrons. The highest BCUT2D eigenvalue weighted by Crippen LogP contribution is 2.27. The minimum Gasteiger partial charge on any atom is -0.478 e. The van der Waals surface area contributed by atoms with Crippen LogP contribution in [0.15, 0.2) is 18.2 Å². The first kappa shape index (κ1) is 11.9. The average Bonchev–Trinajstić information content (AvgIpc) is 2.64. The monoisotopic (exact) mass is 239 g/mol. The standard InChI is InChI=1S/C12H14FNO3/c1-12(5-6-17-7-12)14-9-4-2-3-8(13)10(9)11(15)16/h2-4,14H,5-7H2,1H3,(H,15,16). The molecule has 1 atom stereocenters. The van der Waals surface area contributed by atoms with Crippen LogP contribution in [0.1, 0.15) is 23.7 Å². The Bertz CT molecular complexity index is 441. The number of nitrogens with one attached hydrogen (secondary N) is 1. The number of carbonyl (C=O) groups is 1. The summed E-state index contributed by atoms with van der Waals surface area (Å²) in [5.74, 6) is -2.00. The van der Waals surface area contributed by atoms with Crippen molar-refractivity contribution in [1.29, 1.82) is 0 Å². The molecule has 2 N–H and O–H groups in total. The number of benzene rings is 1. The third-order valence-electron chi connectivity index (χ3n) is 2.88. The highest BCUT2D eigenvalue weighted by atomic mass is 19.1. The Kier molecular flexibility index (Phi) is 3.02. The fourth-order valence-electron chi connectivity index (χ4n) is 1.94. The number of rotatable bonds is 3. The van der Waals surface area contributed by atoms with Gasteiger partial charge in [0.1, 0.15) is 11.4 Å². The number of carboxylic acid groups (broad SMARTS) is 1. The number of hydrogen-bond donors (Lipinski definition) is 2. The number of hydrogen-bond acceptors (Lipinski definition) is 3. The molecule has 17 heavy (non-hydrogen) atoms. The van der Waals surface area contributed by atoms with Crippen molar-refractivity contribution in [2.45, 2.75) is 18.9 Å². The lowest BCUT2D eigenvalue weighted by Crippen LogP contribution is -2.35. The normalized spacial score (nSPS) is 23.6. The van der Waals surface area contributed by atoms with Crippen molar-refractivity contribution in [1.82, 2.24) is 0 Å². The van der Waals surface area contributed by atoms with Crippen LogP contribution in [0.3, 0.4) is 0 Å². The molecule has 1 aliphatic heterocycles. The molecule has 1 aromatic carbocycles. The SMILES string of the molecule is CC1(Nc2cccc(F)c2C(=O)O)CCOC1. The molecule has 0 aliphatic carbocycles. The molecule has 0 spiro atoms. The van der Waals surface area contributed by atoms with Crippen molar-refractivity contribution in [3.05, 3.63) is 29.6 Å². The Morgan fingerprint density at radius 1 is 1.59 bits per heavy atom. The maximum absolute atomic E-state index is 13.4. The van der Waals surface area contributed by atoms with Gasteiger partial charge in [-0.05, 0) is 25.5 Å². The molecule has 4 nitrogen and oxygen atoms in total. The zero-order chi connectivity index (χ0) is 12.5. The number of anilines is 1. The van der Waals surface area contributed by atoms with Crippen LogP contribution in [0.25, 0.3) is 0 Å². The summed E-state index contributed by atoms with van der Waals surface area (Å²) < 4.78 is 18.7. The topological polar surface area (TPSA) is 58.6 Å². The summed E-state index contributed by atoms with van der Waals surface area (Å²) in [6.45, 7) is 3.04. The molecule has 1 aromatic rings. The lowest BCUT2D eigenvalue weighted by Gasteiger charge is -2.26. The summed E-state index contributed by atoms with van der Waals surface area (Å²) in [5.41, 5.74) is -0.357. The molecule has 0 radical (unpaired) electrons. The molecule has 0 aromatic heterocycles. The van der Waals surface area contributed by atoms with E-state index in [4.69, 9.17) is 9.84 Å². The van der Waals surface area contributed by atoms with Crippen LogP contribution in [0.5, 0.6) is 0 Å². The molecular weight excluding hydrogens is 225 g/mol. The van der Waals surface area contributed by atoms with Gasteiger partial charge in [-0.15, -0.1) is 0 Å². The van der Waals surface area contributed by atoms with E-state index in [1.165, 1.54) is 6.07 Å². The van der Waals surface area contributed by atoms with Crippen molar-refractivity contribution < 1.29 is 19.0 Å². The molecule has 0 bridgehead atoms. The second kappa shape index (κ2) is 4.33. The second-order valence-corrected chi connectivity index (χ2v) is 4.46. The number of halogens is 1. The summed E-state index contributed by atoms with van der Waals surface area (Å²) in [7, 11) is 0. The van der Waals surface area contributed by atoms with Gasteiger partial charge < -0.3 is 15.2 Å². The van der Waals surface area contributed by atoms with Gasteiger partial charge in [0.2, 0.25) is 0 Å². The smallest absolute Gasteiger partial charge is 0.340 e. The fourth-order valence-corrected chi connectivity index (χ4v) is 1.94. The molecule has 1 saturated heterocycles. The molecule has 1 fully saturated rings. The first-order valence-electron chi connectivity index (χ1n) is 5.40.